The van der Waals surface area contributed by atoms with Crippen LogP contribution in [0.25, 0.3) is 0 Å². The molecule has 78 valence electrons. The van der Waals surface area contributed by atoms with Crippen LogP contribution in [0.3, 0.4) is 0 Å². The van der Waals surface area contributed by atoms with Crippen LogP contribution in [0.5, 0.6) is 0 Å². The molecular weight excluding hydrogens is 190 g/mol. The summed E-state index contributed by atoms with van der Waals surface area (Å²) in [4.78, 5) is 10.7. The molecule has 5 heteroatoms. The van der Waals surface area contributed by atoms with Crippen LogP contribution in [-0.2, 0) is 20.3 Å². The van der Waals surface area contributed by atoms with Crippen LogP contribution in [-0.4, -0.2) is 41.9 Å². The molecule has 0 spiro atoms. The average molecular weight is 207 g/mol. The van der Waals surface area contributed by atoms with Crippen molar-refractivity contribution >= 4 is 16.8 Å². The summed E-state index contributed by atoms with van der Waals surface area (Å²) < 4.78 is 15.2. The van der Waals surface area contributed by atoms with E-state index in [1.54, 1.807) is 6.26 Å². The summed E-state index contributed by atoms with van der Waals surface area (Å²) in [6.07, 6.45) is 2.48. The molecule has 0 saturated carbocycles. The molecule has 0 aliphatic carbocycles. The van der Waals surface area contributed by atoms with E-state index in [1.807, 2.05) is 6.92 Å². The van der Waals surface area contributed by atoms with Crippen molar-refractivity contribution in [2.75, 3.05) is 25.7 Å². The minimum absolute atomic E-state index is 0.197. The van der Waals surface area contributed by atoms with E-state index in [-0.39, 0.29) is 18.6 Å². The Morgan fingerprint density at radius 1 is 1.62 bits per heavy atom. The van der Waals surface area contributed by atoms with Gasteiger partial charge in [-0.2, -0.15) is 0 Å². The minimum Gasteiger partial charge on any atom is -0.468 e. The molecule has 0 aromatic carbocycles. The molecule has 1 N–H and O–H groups in total. The maximum Gasteiger partial charge on any atom is 0.319 e. The average Bonchev–Trinajstić information content (AvgIpc) is 2.10. The molecule has 0 amide bonds. The van der Waals surface area contributed by atoms with E-state index in [1.165, 1.54) is 7.11 Å². The fourth-order valence-electron chi connectivity index (χ4n) is 0.775. The Labute approximate surface area is 81.5 Å². The summed E-state index contributed by atoms with van der Waals surface area (Å²) in [7, 11) is 0.599. The Hall–Kier alpha value is -0.420. The molecule has 13 heavy (non-hydrogen) atoms. The van der Waals surface area contributed by atoms with Gasteiger partial charge < -0.3 is 10.1 Å². The van der Waals surface area contributed by atoms with Gasteiger partial charge in [0.05, 0.1) is 13.7 Å². The number of nitrogens with one attached hydrogen (secondary N) is 1. The van der Waals surface area contributed by atoms with Gasteiger partial charge in [-0.15, -0.1) is 0 Å². The first-order valence-electron chi connectivity index (χ1n) is 4.16. The van der Waals surface area contributed by atoms with Crippen molar-refractivity contribution in [2.45, 2.75) is 19.4 Å². The number of ether oxygens (including phenoxy) is 1. The molecule has 0 bridgehead atoms. The van der Waals surface area contributed by atoms with Gasteiger partial charge in [0, 0.05) is 28.9 Å². The molecule has 0 aromatic heterocycles. The van der Waals surface area contributed by atoms with Crippen molar-refractivity contribution in [1.82, 2.24) is 5.32 Å². The molecule has 0 aliphatic rings. The van der Waals surface area contributed by atoms with E-state index in [4.69, 9.17) is 0 Å². The van der Waals surface area contributed by atoms with Gasteiger partial charge in [0.2, 0.25) is 0 Å². The lowest BCUT2D eigenvalue weighted by Crippen LogP contribution is -2.32. The molecule has 0 radical (unpaired) electrons. The normalized spacial score (nSPS) is 15.0. The van der Waals surface area contributed by atoms with Gasteiger partial charge in [0.15, 0.2) is 0 Å². The number of methoxy groups -OCH3 is 1. The van der Waals surface area contributed by atoms with E-state index in [2.05, 4.69) is 10.1 Å². The highest BCUT2D eigenvalue weighted by Gasteiger charge is 2.05. The van der Waals surface area contributed by atoms with Crippen LogP contribution < -0.4 is 5.32 Å². The Morgan fingerprint density at radius 2 is 2.23 bits per heavy atom. The van der Waals surface area contributed by atoms with Crippen molar-refractivity contribution in [1.29, 1.82) is 0 Å². The van der Waals surface area contributed by atoms with Crippen LogP contribution in [0.2, 0.25) is 0 Å². The van der Waals surface area contributed by atoms with Crippen molar-refractivity contribution in [3.8, 4) is 0 Å². The van der Waals surface area contributed by atoms with Crippen LogP contribution in [0.4, 0.5) is 0 Å². The molecule has 2 atom stereocenters. The topological polar surface area (TPSA) is 55.4 Å². The van der Waals surface area contributed by atoms with Gasteiger partial charge in [-0.25, -0.2) is 0 Å². The summed E-state index contributed by atoms with van der Waals surface area (Å²) in [5.74, 6) is 0.388. The number of carbonyl (C=O) groups is 1. The predicted molar refractivity (Wildman–Crippen MR) is 53.0 cm³/mol. The number of hydrogen-bond acceptors (Lipinski definition) is 4. The standard InChI is InChI=1S/C8H17NO3S/c1-7(4-5-13(3)11)9-6-8(10)12-2/h7,9H,4-6H2,1-3H3. The van der Waals surface area contributed by atoms with E-state index in [9.17, 15) is 9.00 Å². The molecule has 0 heterocycles. The van der Waals surface area contributed by atoms with Gasteiger partial charge in [0.25, 0.3) is 0 Å². The fourth-order valence-corrected chi connectivity index (χ4v) is 1.46. The summed E-state index contributed by atoms with van der Waals surface area (Å²) in [6.45, 7) is 2.17. The van der Waals surface area contributed by atoms with Crippen LogP contribution in [0.15, 0.2) is 0 Å². The first-order valence-corrected chi connectivity index (χ1v) is 5.89. The second-order valence-electron chi connectivity index (χ2n) is 2.92. The predicted octanol–water partition coefficient (Wildman–Crippen LogP) is -0.0939. The Bertz CT molecular complexity index is 184. The van der Waals surface area contributed by atoms with Gasteiger partial charge in [-0.1, -0.05) is 0 Å². The third-order valence-electron chi connectivity index (χ3n) is 1.66. The number of hydrogen-bond donors (Lipinski definition) is 1. The Balaban J connectivity index is 3.45. The highest BCUT2D eigenvalue weighted by atomic mass is 32.2. The first kappa shape index (κ1) is 12.6. The van der Waals surface area contributed by atoms with E-state index < -0.39 is 10.8 Å². The molecule has 4 nitrogen and oxygen atoms in total. The van der Waals surface area contributed by atoms with Crippen molar-refractivity contribution in [2.24, 2.45) is 0 Å². The maximum absolute atomic E-state index is 10.7. The summed E-state index contributed by atoms with van der Waals surface area (Å²) in [6, 6.07) is 0.197. The SMILES string of the molecule is COC(=O)CNC(C)CCS(C)=O. The third kappa shape index (κ3) is 7.93. The highest BCUT2D eigenvalue weighted by Crippen LogP contribution is 1.91. The van der Waals surface area contributed by atoms with Gasteiger partial charge in [0.1, 0.15) is 0 Å². The lowest BCUT2D eigenvalue weighted by atomic mass is 10.2. The highest BCUT2D eigenvalue weighted by molar-refractivity contribution is 7.84. The monoisotopic (exact) mass is 207 g/mol. The Kier molecular flexibility index (Phi) is 6.80. The zero-order chi connectivity index (χ0) is 10.3. The Morgan fingerprint density at radius 3 is 2.69 bits per heavy atom. The van der Waals surface area contributed by atoms with Crippen molar-refractivity contribution < 1.29 is 13.7 Å². The molecular formula is C8H17NO3S. The van der Waals surface area contributed by atoms with Crippen LogP contribution in [0.1, 0.15) is 13.3 Å². The van der Waals surface area contributed by atoms with Crippen LogP contribution in [0, 0.1) is 0 Å². The smallest absolute Gasteiger partial charge is 0.319 e. The first-order chi connectivity index (χ1) is 6.06. The molecule has 0 saturated heterocycles. The molecule has 0 aromatic rings. The second-order valence-corrected chi connectivity index (χ2v) is 4.48. The van der Waals surface area contributed by atoms with E-state index in [0.717, 1.165) is 6.42 Å². The zero-order valence-corrected chi connectivity index (χ0v) is 9.15. The number of carbonyl (C=O) groups excluding carboxylic acids is 1. The zero-order valence-electron chi connectivity index (χ0n) is 8.33. The van der Waals surface area contributed by atoms with E-state index in [0.29, 0.717) is 5.75 Å². The summed E-state index contributed by atoms with van der Waals surface area (Å²) >= 11 is 0. The van der Waals surface area contributed by atoms with Gasteiger partial charge in [-0.3, -0.25) is 9.00 Å². The lowest BCUT2D eigenvalue weighted by Gasteiger charge is -2.11. The molecule has 0 rings (SSSR count). The summed E-state index contributed by atoms with van der Waals surface area (Å²) in [5, 5.41) is 2.98. The summed E-state index contributed by atoms with van der Waals surface area (Å²) in [5.41, 5.74) is 0. The molecule has 2 unspecified atom stereocenters. The quantitative estimate of drug-likeness (QED) is 0.618. The second kappa shape index (κ2) is 7.03. The van der Waals surface area contributed by atoms with Gasteiger partial charge in [-0.05, 0) is 13.3 Å². The lowest BCUT2D eigenvalue weighted by molar-refractivity contribution is -0.139. The van der Waals surface area contributed by atoms with Gasteiger partial charge >= 0.3 is 5.97 Å². The largest absolute Gasteiger partial charge is 0.468 e. The molecule has 0 fully saturated rings. The van der Waals surface area contributed by atoms with Crippen molar-refractivity contribution in [3.63, 3.8) is 0 Å². The fraction of sp³-hybridized carbons (Fsp3) is 0.875. The number of rotatable bonds is 6. The van der Waals surface area contributed by atoms with Crippen LogP contribution >= 0.6 is 0 Å². The van der Waals surface area contributed by atoms with E-state index >= 15 is 0 Å². The maximum atomic E-state index is 10.7. The third-order valence-corrected chi connectivity index (χ3v) is 2.47. The minimum atomic E-state index is -0.758. The van der Waals surface area contributed by atoms with Crippen molar-refractivity contribution in [3.05, 3.63) is 0 Å². The number of esters is 1. The molecule has 0 aliphatic heterocycles.